The fraction of sp³-hybridized carbons (Fsp3) is 0.533. The average molecular weight is 267 g/mol. The van der Waals surface area contributed by atoms with E-state index >= 15 is 0 Å². The number of methoxy groups -OCH3 is 1. The second-order valence-electron chi connectivity index (χ2n) is 4.85. The van der Waals surface area contributed by atoms with Crippen molar-refractivity contribution in [1.29, 1.82) is 0 Å². The van der Waals surface area contributed by atoms with Gasteiger partial charge in [-0.15, -0.1) is 0 Å². The van der Waals surface area contributed by atoms with E-state index in [4.69, 9.17) is 4.74 Å². The predicted molar refractivity (Wildman–Crippen MR) is 73.2 cm³/mol. The molecule has 0 amide bonds. The van der Waals surface area contributed by atoms with Crippen molar-refractivity contribution in [3.05, 3.63) is 35.1 Å². The summed E-state index contributed by atoms with van der Waals surface area (Å²) in [6.45, 7) is 6.28. The first-order chi connectivity index (χ1) is 8.99. The largest absolute Gasteiger partial charge is 0.468 e. The lowest BCUT2D eigenvalue weighted by Gasteiger charge is -2.22. The van der Waals surface area contributed by atoms with Gasteiger partial charge in [0.05, 0.1) is 7.11 Å². The van der Waals surface area contributed by atoms with Crippen LogP contribution in [-0.4, -0.2) is 19.1 Å². The lowest BCUT2D eigenvalue weighted by molar-refractivity contribution is -0.144. The van der Waals surface area contributed by atoms with Gasteiger partial charge in [-0.25, -0.2) is 4.39 Å². The summed E-state index contributed by atoms with van der Waals surface area (Å²) in [5.41, 5.74) is 1.56. The van der Waals surface area contributed by atoms with E-state index < -0.39 is 0 Å². The summed E-state index contributed by atoms with van der Waals surface area (Å²) >= 11 is 0. The Morgan fingerprint density at radius 2 is 2.16 bits per heavy atom. The molecule has 106 valence electrons. The first-order valence-electron chi connectivity index (χ1n) is 6.55. The molecule has 19 heavy (non-hydrogen) atoms. The monoisotopic (exact) mass is 267 g/mol. The Morgan fingerprint density at radius 3 is 2.68 bits per heavy atom. The average Bonchev–Trinajstić information content (AvgIpc) is 2.42. The highest BCUT2D eigenvalue weighted by atomic mass is 19.1. The van der Waals surface area contributed by atoms with Gasteiger partial charge in [0.25, 0.3) is 0 Å². The predicted octanol–water partition coefficient (Wildman–Crippen LogP) is 2.81. The van der Waals surface area contributed by atoms with Crippen molar-refractivity contribution in [3.63, 3.8) is 0 Å². The van der Waals surface area contributed by atoms with Crippen molar-refractivity contribution in [2.75, 3.05) is 7.11 Å². The van der Waals surface area contributed by atoms with Crippen LogP contribution < -0.4 is 5.32 Å². The van der Waals surface area contributed by atoms with Gasteiger partial charge in [-0.3, -0.25) is 4.79 Å². The second kappa shape index (κ2) is 7.24. The standard InChI is InChI=1S/C15H22FNO2/c1-5-10(2)14(15(18)19-4)17-9-12-6-7-13(16)11(3)8-12/h6-8,10,14,17H,5,9H2,1-4H3. The van der Waals surface area contributed by atoms with Crippen molar-refractivity contribution in [1.82, 2.24) is 5.32 Å². The third kappa shape index (κ3) is 4.31. The van der Waals surface area contributed by atoms with Gasteiger partial charge in [0, 0.05) is 6.54 Å². The molecule has 0 fully saturated rings. The first-order valence-corrected chi connectivity index (χ1v) is 6.55. The number of ether oxygens (including phenoxy) is 1. The minimum Gasteiger partial charge on any atom is -0.468 e. The summed E-state index contributed by atoms with van der Waals surface area (Å²) in [5.74, 6) is -0.280. The summed E-state index contributed by atoms with van der Waals surface area (Å²) in [6.07, 6.45) is 0.884. The zero-order chi connectivity index (χ0) is 14.4. The molecule has 0 heterocycles. The Labute approximate surface area is 114 Å². The van der Waals surface area contributed by atoms with Crippen LogP contribution in [0, 0.1) is 18.7 Å². The SMILES string of the molecule is CCC(C)C(NCc1ccc(F)c(C)c1)C(=O)OC. The van der Waals surface area contributed by atoms with E-state index in [9.17, 15) is 9.18 Å². The highest BCUT2D eigenvalue weighted by Gasteiger charge is 2.24. The number of nitrogens with one attached hydrogen (secondary N) is 1. The van der Waals surface area contributed by atoms with Gasteiger partial charge in [-0.2, -0.15) is 0 Å². The van der Waals surface area contributed by atoms with Crippen molar-refractivity contribution in [2.45, 2.75) is 39.8 Å². The number of rotatable bonds is 6. The van der Waals surface area contributed by atoms with Crippen LogP contribution in [0.4, 0.5) is 4.39 Å². The molecular formula is C15H22FNO2. The number of esters is 1. The van der Waals surface area contributed by atoms with E-state index in [0.717, 1.165) is 12.0 Å². The molecule has 0 aliphatic heterocycles. The van der Waals surface area contributed by atoms with Crippen LogP contribution in [0.25, 0.3) is 0 Å². The molecule has 4 heteroatoms. The Morgan fingerprint density at radius 1 is 1.47 bits per heavy atom. The van der Waals surface area contributed by atoms with Crippen LogP contribution in [0.1, 0.15) is 31.4 Å². The second-order valence-corrected chi connectivity index (χ2v) is 4.85. The van der Waals surface area contributed by atoms with Crippen molar-refractivity contribution >= 4 is 5.97 Å². The first kappa shape index (κ1) is 15.6. The van der Waals surface area contributed by atoms with Gasteiger partial charge in [0.1, 0.15) is 11.9 Å². The maximum absolute atomic E-state index is 13.2. The van der Waals surface area contributed by atoms with E-state index in [0.29, 0.717) is 12.1 Å². The van der Waals surface area contributed by atoms with E-state index in [1.54, 1.807) is 19.1 Å². The van der Waals surface area contributed by atoms with Crippen LogP contribution in [0.2, 0.25) is 0 Å². The molecule has 0 saturated heterocycles. The summed E-state index contributed by atoms with van der Waals surface area (Å²) in [6, 6.07) is 4.62. The number of carbonyl (C=O) groups excluding carboxylic acids is 1. The summed E-state index contributed by atoms with van der Waals surface area (Å²) < 4.78 is 18.0. The zero-order valence-corrected chi connectivity index (χ0v) is 12.0. The molecule has 0 spiro atoms. The fourth-order valence-corrected chi connectivity index (χ4v) is 1.92. The summed E-state index contributed by atoms with van der Waals surface area (Å²) in [5, 5.41) is 3.19. The molecule has 2 unspecified atom stereocenters. The zero-order valence-electron chi connectivity index (χ0n) is 12.0. The van der Waals surface area contributed by atoms with Gasteiger partial charge in [0.2, 0.25) is 0 Å². The Balaban J connectivity index is 2.70. The maximum Gasteiger partial charge on any atom is 0.323 e. The van der Waals surface area contributed by atoms with Crippen LogP contribution in [0.15, 0.2) is 18.2 Å². The van der Waals surface area contributed by atoms with E-state index in [1.165, 1.54) is 13.2 Å². The Hall–Kier alpha value is -1.42. The van der Waals surface area contributed by atoms with Crippen molar-refractivity contribution in [3.8, 4) is 0 Å². The Kier molecular flexibility index (Phi) is 5.96. The molecule has 0 aromatic heterocycles. The maximum atomic E-state index is 13.2. The quantitative estimate of drug-likeness (QED) is 0.805. The van der Waals surface area contributed by atoms with Crippen LogP contribution in [0.5, 0.6) is 0 Å². The molecule has 0 bridgehead atoms. The molecule has 0 aliphatic carbocycles. The Bertz CT molecular complexity index is 434. The molecule has 0 aliphatic rings. The van der Waals surface area contributed by atoms with Gasteiger partial charge < -0.3 is 10.1 Å². The van der Waals surface area contributed by atoms with E-state index in [-0.39, 0.29) is 23.7 Å². The lowest BCUT2D eigenvalue weighted by Crippen LogP contribution is -2.42. The van der Waals surface area contributed by atoms with Crippen LogP contribution in [-0.2, 0) is 16.1 Å². The van der Waals surface area contributed by atoms with Crippen molar-refractivity contribution < 1.29 is 13.9 Å². The fourth-order valence-electron chi connectivity index (χ4n) is 1.92. The minimum absolute atomic E-state index is 0.189. The molecule has 1 aromatic carbocycles. The van der Waals surface area contributed by atoms with Crippen molar-refractivity contribution in [2.24, 2.45) is 5.92 Å². The lowest BCUT2D eigenvalue weighted by atomic mass is 9.99. The highest BCUT2D eigenvalue weighted by Crippen LogP contribution is 2.12. The third-order valence-corrected chi connectivity index (χ3v) is 3.42. The molecule has 1 aromatic rings. The number of hydrogen-bond donors (Lipinski definition) is 1. The minimum atomic E-state index is -0.333. The number of hydrogen-bond acceptors (Lipinski definition) is 3. The van der Waals surface area contributed by atoms with E-state index in [2.05, 4.69) is 5.32 Å². The molecule has 0 saturated carbocycles. The molecule has 1 rings (SSSR count). The van der Waals surface area contributed by atoms with Gasteiger partial charge in [-0.05, 0) is 30.0 Å². The third-order valence-electron chi connectivity index (χ3n) is 3.42. The van der Waals surface area contributed by atoms with Gasteiger partial charge >= 0.3 is 5.97 Å². The smallest absolute Gasteiger partial charge is 0.323 e. The number of halogens is 1. The van der Waals surface area contributed by atoms with Crippen LogP contribution >= 0.6 is 0 Å². The molecular weight excluding hydrogens is 245 g/mol. The molecule has 0 radical (unpaired) electrons. The number of benzene rings is 1. The molecule has 2 atom stereocenters. The number of carbonyl (C=O) groups is 1. The van der Waals surface area contributed by atoms with E-state index in [1.807, 2.05) is 13.8 Å². The molecule has 3 nitrogen and oxygen atoms in total. The molecule has 1 N–H and O–H groups in total. The van der Waals surface area contributed by atoms with Crippen LogP contribution in [0.3, 0.4) is 0 Å². The normalized spacial score (nSPS) is 13.9. The number of aryl methyl sites for hydroxylation is 1. The summed E-state index contributed by atoms with van der Waals surface area (Å²) in [4.78, 5) is 11.7. The highest BCUT2D eigenvalue weighted by molar-refractivity contribution is 5.75. The topological polar surface area (TPSA) is 38.3 Å². The van der Waals surface area contributed by atoms with Gasteiger partial charge in [0.15, 0.2) is 0 Å². The van der Waals surface area contributed by atoms with Gasteiger partial charge in [-0.1, -0.05) is 32.4 Å². The summed E-state index contributed by atoms with van der Waals surface area (Å²) in [7, 11) is 1.39.